The van der Waals surface area contributed by atoms with Gasteiger partial charge in [0.05, 0.1) is 10.7 Å². The molecule has 7 heteroatoms. The first-order chi connectivity index (χ1) is 11.0. The van der Waals surface area contributed by atoms with Crippen molar-refractivity contribution >= 4 is 41.3 Å². The summed E-state index contributed by atoms with van der Waals surface area (Å²) in [6.45, 7) is 14.7. The van der Waals surface area contributed by atoms with Gasteiger partial charge in [0.15, 0.2) is 5.96 Å². The Morgan fingerprint density at radius 1 is 1.29 bits per heavy atom. The number of rotatable bonds is 9. The van der Waals surface area contributed by atoms with Crippen LogP contribution in [0.25, 0.3) is 0 Å². The Morgan fingerprint density at radius 3 is 2.62 bits per heavy atom. The van der Waals surface area contributed by atoms with E-state index >= 15 is 0 Å². The Labute approximate surface area is 168 Å². The molecule has 0 aliphatic rings. The van der Waals surface area contributed by atoms with Crippen LogP contribution in [0, 0.1) is 0 Å². The minimum absolute atomic E-state index is 0. The van der Waals surface area contributed by atoms with E-state index in [0.29, 0.717) is 0 Å². The summed E-state index contributed by atoms with van der Waals surface area (Å²) in [6.07, 6.45) is 1.87. The third-order valence-corrected chi connectivity index (χ3v) is 4.13. The number of guanidine groups is 1. The lowest BCUT2D eigenvalue weighted by Crippen LogP contribution is -2.38. The van der Waals surface area contributed by atoms with E-state index < -0.39 is 0 Å². The van der Waals surface area contributed by atoms with Crippen LogP contribution in [-0.4, -0.2) is 43.8 Å². The van der Waals surface area contributed by atoms with Crippen molar-refractivity contribution in [3.63, 3.8) is 0 Å². The van der Waals surface area contributed by atoms with E-state index in [-0.39, 0.29) is 29.4 Å². The zero-order valence-electron chi connectivity index (χ0n) is 15.6. The van der Waals surface area contributed by atoms with Gasteiger partial charge in [-0.25, -0.2) is 4.98 Å². The highest BCUT2D eigenvalue weighted by atomic mass is 127. The number of nitrogens with zero attached hydrogens (tertiary/aromatic N) is 2. The number of aromatic nitrogens is 1. The quantitative estimate of drug-likeness (QED) is 0.252. The maximum absolute atomic E-state index is 5.33. The molecule has 0 spiro atoms. The monoisotopic (exact) mass is 468 g/mol. The predicted octanol–water partition coefficient (Wildman–Crippen LogP) is 3.58. The van der Waals surface area contributed by atoms with Crippen LogP contribution in [0.2, 0.25) is 0 Å². The van der Waals surface area contributed by atoms with Crippen molar-refractivity contribution < 1.29 is 4.74 Å². The molecule has 0 saturated heterocycles. The third-order valence-electron chi connectivity index (χ3n) is 3.22. The molecule has 5 nitrogen and oxygen atoms in total. The van der Waals surface area contributed by atoms with Gasteiger partial charge in [-0.2, -0.15) is 0 Å². The van der Waals surface area contributed by atoms with Gasteiger partial charge in [-0.1, -0.05) is 20.8 Å². The molecule has 0 unspecified atom stereocenters. The summed E-state index contributed by atoms with van der Waals surface area (Å²) in [6, 6.07) is 0. The number of halogens is 1. The summed E-state index contributed by atoms with van der Waals surface area (Å²) in [5.41, 5.74) is 1.30. The van der Waals surface area contributed by atoms with Gasteiger partial charge >= 0.3 is 0 Å². The number of hydrogen-bond acceptors (Lipinski definition) is 4. The van der Waals surface area contributed by atoms with Crippen LogP contribution in [0.3, 0.4) is 0 Å². The van der Waals surface area contributed by atoms with Crippen LogP contribution in [0.15, 0.2) is 10.4 Å². The fourth-order valence-electron chi connectivity index (χ4n) is 1.90. The number of hydrogen-bond donors (Lipinski definition) is 2. The fourth-order valence-corrected chi connectivity index (χ4v) is 2.93. The smallest absolute Gasteiger partial charge is 0.191 e. The number of nitrogens with one attached hydrogen (secondary N) is 2. The van der Waals surface area contributed by atoms with Gasteiger partial charge < -0.3 is 15.4 Å². The lowest BCUT2D eigenvalue weighted by molar-refractivity contribution is 0.146. The summed E-state index contributed by atoms with van der Waals surface area (Å²) in [4.78, 5) is 9.28. The van der Waals surface area contributed by atoms with Crippen LogP contribution in [0.1, 0.15) is 51.7 Å². The normalized spacial score (nSPS) is 12.0. The van der Waals surface area contributed by atoms with Gasteiger partial charge in [0.2, 0.25) is 0 Å². The second kappa shape index (κ2) is 12.9. The Bertz CT molecular complexity index is 471. The highest BCUT2D eigenvalue weighted by molar-refractivity contribution is 14.0. The van der Waals surface area contributed by atoms with Gasteiger partial charge in [0.25, 0.3) is 0 Å². The average Bonchev–Trinajstić information content (AvgIpc) is 2.96. The van der Waals surface area contributed by atoms with E-state index in [1.807, 2.05) is 6.92 Å². The third kappa shape index (κ3) is 9.78. The van der Waals surface area contributed by atoms with Crippen molar-refractivity contribution in [3.8, 4) is 0 Å². The molecule has 0 aliphatic heterocycles. The topological polar surface area (TPSA) is 58.5 Å². The predicted molar refractivity (Wildman–Crippen MR) is 115 cm³/mol. The van der Waals surface area contributed by atoms with Crippen LogP contribution < -0.4 is 10.6 Å². The van der Waals surface area contributed by atoms with Crippen LogP contribution in [0.5, 0.6) is 0 Å². The molecule has 0 aromatic carbocycles. The zero-order valence-corrected chi connectivity index (χ0v) is 18.8. The van der Waals surface area contributed by atoms with Crippen molar-refractivity contribution in [1.82, 2.24) is 15.6 Å². The Hall–Kier alpha value is -0.410. The first-order valence-corrected chi connectivity index (χ1v) is 9.40. The fraction of sp³-hybridized carbons (Fsp3) is 0.765. The summed E-state index contributed by atoms with van der Waals surface area (Å²) >= 11 is 1.74. The van der Waals surface area contributed by atoms with Crippen LogP contribution in [-0.2, 0) is 16.6 Å². The maximum atomic E-state index is 5.33. The second-order valence-electron chi connectivity index (χ2n) is 6.36. The molecule has 0 saturated carbocycles. The Kier molecular flexibility index (Phi) is 12.7. The van der Waals surface area contributed by atoms with E-state index in [0.717, 1.165) is 51.6 Å². The second-order valence-corrected chi connectivity index (χ2v) is 7.31. The average molecular weight is 468 g/mol. The molecule has 1 rings (SSSR count). The minimum Gasteiger partial charge on any atom is -0.382 e. The lowest BCUT2D eigenvalue weighted by Gasteiger charge is -2.14. The van der Waals surface area contributed by atoms with E-state index in [9.17, 15) is 0 Å². The first kappa shape index (κ1) is 23.6. The van der Waals surface area contributed by atoms with Gasteiger partial charge in [-0.3, -0.25) is 4.99 Å². The number of ether oxygens (including phenoxy) is 1. The molecule has 0 bridgehead atoms. The summed E-state index contributed by atoms with van der Waals surface area (Å²) in [7, 11) is 0. The van der Waals surface area contributed by atoms with Gasteiger partial charge in [-0.05, 0) is 20.3 Å². The van der Waals surface area contributed by atoms with Gasteiger partial charge in [0, 0.05) is 50.1 Å². The van der Waals surface area contributed by atoms with E-state index in [1.54, 1.807) is 11.3 Å². The molecular weight excluding hydrogens is 435 g/mol. The van der Waals surface area contributed by atoms with Crippen molar-refractivity contribution in [1.29, 1.82) is 0 Å². The highest BCUT2D eigenvalue weighted by Gasteiger charge is 2.17. The van der Waals surface area contributed by atoms with Crippen LogP contribution >= 0.6 is 35.3 Å². The summed E-state index contributed by atoms with van der Waals surface area (Å²) in [5.74, 6) is 0.872. The van der Waals surface area contributed by atoms with E-state index in [1.165, 1.54) is 10.7 Å². The van der Waals surface area contributed by atoms with Crippen molar-refractivity contribution in [2.75, 3.05) is 32.8 Å². The maximum Gasteiger partial charge on any atom is 0.191 e. The molecule has 1 aromatic rings. The molecule has 0 fully saturated rings. The standard InChI is InChI=1S/C17H32N4OS.HI/c1-6-18-16(19-10-8-12-22-7-2)20-11-9-15-21-14(13-23-15)17(3,4)5;/h13H,6-12H2,1-5H3,(H2,18,19,20);1H. The molecule has 24 heavy (non-hydrogen) atoms. The van der Waals surface area contributed by atoms with E-state index in [4.69, 9.17) is 9.72 Å². The number of thiazole rings is 1. The molecule has 0 radical (unpaired) electrons. The lowest BCUT2D eigenvalue weighted by atomic mass is 9.93. The molecule has 1 heterocycles. The van der Waals surface area contributed by atoms with Gasteiger partial charge in [-0.15, -0.1) is 35.3 Å². The Balaban J connectivity index is 0.00000529. The Morgan fingerprint density at radius 2 is 2.04 bits per heavy atom. The molecule has 0 aliphatic carbocycles. The first-order valence-electron chi connectivity index (χ1n) is 8.52. The van der Waals surface area contributed by atoms with Crippen molar-refractivity contribution in [2.24, 2.45) is 4.99 Å². The number of aliphatic imine (C=N–C) groups is 1. The molecule has 2 N–H and O–H groups in total. The SMILES string of the molecule is CCNC(=NCCCOCC)NCCc1nc(C(C)(C)C)cs1.I. The van der Waals surface area contributed by atoms with Crippen molar-refractivity contribution in [3.05, 3.63) is 16.1 Å². The van der Waals surface area contributed by atoms with Crippen LogP contribution in [0.4, 0.5) is 0 Å². The molecule has 0 amide bonds. The zero-order chi connectivity index (χ0) is 17.1. The highest BCUT2D eigenvalue weighted by Crippen LogP contribution is 2.23. The molecule has 0 atom stereocenters. The minimum atomic E-state index is 0. The van der Waals surface area contributed by atoms with Crippen molar-refractivity contribution in [2.45, 2.75) is 52.9 Å². The van der Waals surface area contributed by atoms with E-state index in [2.05, 4.69) is 48.7 Å². The molecular formula is C17H33IN4OS. The van der Waals surface area contributed by atoms with Gasteiger partial charge in [0.1, 0.15) is 0 Å². The molecule has 1 aromatic heterocycles. The molecule has 140 valence electrons. The summed E-state index contributed by atoms with van der Waals surface area (Å²) in [5, 5.41) is 9.99. The summed E-state index contributed by atoms with van der Waals surface area (Å²) < 4.78 is 5.33. The largest absolute Gasteiger partial charge is 0.382 e.